The first-order chi connectivity index (χ1) is 11.3. The van der Waals surface area contributed by atoms with E-state index in [-0.39, 0.29) is 0 Å². The summed E-state index contributed by atoms with van der Waals surface area (Å²) in [5.41, 5.74) is 2.76. The second-order valence-electron chi connectivity index (χ2n) is 5.88. The van der Waals surface area contributed by atoms with Crippen LogP contribution in [0.2, 0.25) is 0 Å². The van der Waals surface area contributed by atoms with E-state index in [0.717, 1.165) is 5.56 Å². The van der Waals surface area contributed by atoms with Gasteiger partial charge in [0.1, 0.15) is 5.76 Å². The number of anilines is 1. The van der Waals surface area contributed by atoms with Crippen molar-refractivity contribution < 1.29 is 17.7 Å². The van der Waals surface area contributed by atoms with Crippen molar-refractivity contribution in [1.82, 2.24) is 9.88 Å². The van der Waals surface area contributed by atoms with Crippen LogP contribution < -0.4 is 9.03 Å². The molecule has 1 aromatic carbocycles. The number of para-hydroxylation sites is 1. The number of nitrogens with zero attached hydrogens (tertiary/aromatic N) is 2. The molecule has 0 saturated carbocycles. The Hall–Kier alpha value is -2.35. The topological polar surface area (TPSA) is 92.5 Å². The van der Waals surface area contributed by atoms with Gasteiger partial charge in [-0.25, -0.2) is 4.72 Å². The van der Waals surface area contributed by atoms with Crippen molar-refractivity contribution in [2.24, 2.45) is 0 Å². The van der Waals surface area contributed by atoms with Crippen molar-refractivity contribution >= 4 is 21.8 Å². The predicted octanol–water partition coefficient (Wildman–Crippen LogP) is 1.82. The fraction of sp³-hybridized carbons (Fsp3) is 0.375. The van der Waals surface area contributed by atoms with E-state index in [1.165, 1.54) is 4.31 Å². The highest BCUT2D eigenvalue weighted by Crippen LogP contribution is 2.30. The van der Waals surface area contributed by atoms with Crippen LogP contribution in [0.25, 0.3) is 0 Å². The summed E-state index contributed by atoms with van der Waals surface area (Å²) in [5, 5.41) is 3.81. The van der Waals surface area contributed by atoms with E-state index in [2.05, 4.69) is 9.88 Å². The summed E-state index contributed by atoms with van der Waals surface area (Å²) in [4.78, 5) is 12.4. The number of aromatic nitrogens is 1. The molecule has 0 unspecified atom stereocenters. The number of carbonyl (C=O) groups excluding carboxylic acids is 1. The van der Waals surface area contributed by atoms with Crippen LogP contribution in [-0.4, -0.2) is 26.0 Å². The number of hydrogen-bond acceptors (Lipinski definition) is 5. The van der Waals surface area contributed by atoms with Gasteiger partial charge in [0, 0.05) is 12.1 Å². The van der Waals surface area contributed by atoms with Gasteiger partial charge in [-0.05, 0) is 38.8 Å². The van der Waals surface area contributed by atoms with Crippen molar-refractivity contribution in [3.8, 4) is 0 Å². The summed E-state index contributed by atoms with van der Waals surface area (Å²) in [7, 11) is -3.95. The normalized spacial score (nSPS) is 15.2. The molecule has 1 aliphatic heterocycles. The van der Waals surface area contributed by atoms with Gasteiger partial charge in [-0.2, -0.15) is 8.42 Å². The molecule has 0 fully saturated rings. The molecule has 128 valence electrons. The van der Waals surface area contributed by atoms with Crippen molar-refractivity contribution in [1.29, 1.82) is 0 Å². The lowest BCUT2D eigenvalue weighted by molar-refractivity contribution is -0.120. The number of carbonyl (C=O) groups is 1. The Kier molecular flexibility index (Phi) is 4.08. The maximum atomic E-state index is 12.6. The van der Waals surface area contributed by atoms with E-state index in [9.17, 15) is 13.2 Å². The summed E-state index contributed by atoms with van der Waals surface area (Å²) in [6.07, 6.45) is 0.630. The summed E-state index contributed by atoms with van der Waals surface area (Å²) < 4.78 is 33.7. The minimum Gasteiger partial charge on any atom is -0.361 e. The van der Waals surface area contributed by atoms with Gasteiger partial charge in [0.05, 0.1) is 17.3 Å². The summed E-state index contributed by atoms with van der Waals surface area (Å²) >= 11 is 0. The molecule has 0 saturated heterocycles. The average Bonchev–Trinajstić information content (AvgIpc) is 3.10. The Morgan fingerprint density at radius 2 is 2.04 bits per heavy atom. The van der Waals surface area contributed by atoms with Crippen LogP contribution in [0.3, 0.4) is 0 Å². The largest absolute Gasteiger partial charge is 0.361 e. The zero-order valence-electron chi connectivity index (χ0n) is 13.7. The SMILES string of the molecule is Cc1noc(C)c1[C@H](C)C(=O)NS(=O)(=O)N1CCc2ccccc21. The van der Waals surface area contributed by atoms with Crippen LogP contribution >= 0.6 is 0 Å². The molecule has 0 radical (unpaired) electrons. The molecule has 1 aromatic heterocycles. The maximum Gasteiger partial charge on any atom is 0.326 e. The number of aryl methyl sites for hydroxylation is 2. The van der Waals surface area contributed by atoms with Crippen molar-refractivity contribution in [3.05, 3.63) is 46.8 Å². The average molecular weight is 349 g/mol. The lowest BCUT2D eigenvalue weighted by atomic mass is 9.99. The predicted molar refractivity (Wildman–Crippen MR) is 88.9 cm³/mol. The molecule has 3 rings (SSSR count). The highest BCUT2D eigenvalue weighted by Gasteiger charge is 2.33. The Balaban J connectivity index is 1.82. The number of rotatable bonds is 4. The molecule has 0 spiro atoms. The quantitative estimate of drug-likeness (QED) is 0.909. The zero-order chi connectivity index (χ0) is 17.5. The Labute approximate surface area is 140 Å². The van der Waals surface area contributed by atoms with Crippen LogP contribution in [0.4, 0.5) is 5.69 Å². The van der Waals surface area contributed by atoms with E-state index in [1.807, 2.05) is 12.1 Å². The first kappa shape index (κ1) is 16.5. The molecular weight excluding hydrogens is 330 g/mol. The van der Waals surface area contributed by atoms with Crippen molar-refractivity contribution in [2.75, 3.05) is 10.8 Å². The third kappa shape index (κ3) is 2.77. The minimum absolute atomic E-state index is 0.321. The monoisotopic (exact) mass is 349 g/mol. The molecular formula is C16H19N3O4S. The number of nitrogens with one attached hydrogen (secondary N) is 1. The van der Waals surface area contributed by atoms with Crippen LogP contribution in [0.1, 0.15) is 35.4 Å². The fourth-order valence-corrected chi connectivity index (χ4v) is 4.38. The van der Waals surface area contributed by atoms with E-state index >= 15 is 0 Å². The standard InChI is InChI=1S/C16H19N3O4S/c1-10(15-11(2)17-23-12(15)3)16(20)18-24(21,22)19-9-8-13-6-4-5-7-14(13)19/h4-7,10H,8-9H2,1-3H3,(H,18,20)/t10-/m0/s1. The van der Waals surface area contributed by atoms with Gasteiger partial charge < -0.3 is 4.52 Å². The number of benzene rings is 1. The van der Waals surface area contributed by atoms with E-state index in [4.69, 9.17) is 4.52 Å². The first-order valence-electron chi connectivity index (χ1n) is 7.66. The Morgan fingerprint density at radius 3 is 2.71 bits per heavy atom. The molecule has 2 aromatic rings. The smallest absolute Gasteiger partial charge is 0.326 e. The number of amides is 1. The van der Waals surface area contributed by atoms with Crippen molar-refractivity contribution in [2.45, 2.75) is 33.1 Å². The summed E-state index contributed by atoms with van der Waals surface area (Å²) in [6.45, 7) is 5.38. The third-order valence-corrected chi connectivity index (χ3v) is 5.70. The lowest BCUT2D eigenvalue weighted by Crippen LogP contribution is -2.44. The number of fused-ring (bicyclic) bond motifs is 1. The second-order valence-corrected chi connectivity index (χ2v) is 7.48. The molecule has 0 aliphatic carbocycles. The molecule has 1 atom stereocenters. The Bertz CT molecular complexity index is 869. The molecule has 24 heavy (non-hydrogen) atoms. The molecule has 7 nitrogen and oxygen atoms in total. The molecule has 0 bridgehead atoms. The highest BCUT2D eigenvalue weighted by molar-refractivity contribution is 7.91. The molecule has 1 aliphatic rings. The van der Waals surface area contributed by atoms with Crippen LogP contribution in [0, 0.1) is 13.8 Å². The summed E-state index contributed by atoms with van der Waals surface area (Å²) in [6, 6.07) is 7.27. The van der Waals surface area contributed by atoms with Crippen LogP contribution in [-0.2, 0) is 21.4 Å². The first-order valence-corrected chi connectivity index (χ1v) is 9.10. The van der Waals surface area contributed by atoms with E-state index in [0.29, 0.717) is 35.7 Å². The van der Waals surface area contributed by atoms with Crippen LogP contribution in [0.5, 0.6) is 0 Å². The third-order valence-electron chi connectivity index (χ3n) is 4.28. The zero-order valence-corrected chi connectivity index (χ0v) is 14.6. The van der Waals surface area contributed by atoms with Crippen molar-refractivity contribution in [3.63, 3.8) is 0 Å². The molecule has 2 heterocycles. The number of hydrogen-bond donors (Lipinski definition) is 1. The Morgan fingerprint density at radius 1 is 1.33 bits per heavy atom. The molecule has 8 heteroatoms. The second kappa shape index (κ2) is 5.94. The van der Waals surface area contributed by atoms with Gasteiger partial charge in [-0.15, -0.1) is 0 Å². The summed E-state index contributed by atoms with van der Waals surface area (Å²) in [5.74, 6) is -0.767. The van der Waals surface area contributed by atoms with Gasteiger partial charge in [-0.3, -0.25) is 9.10 Å². The van der Waals surface area contributed by atoms with E-state index < -0.39 is 22.0 Å². The fourth-order valence-electron chi connectivity index (χ4n) is 3.07. The molecule has 1 amide bonds. The highest BCUT2D eigenvalue weighted by atomic mass is 32.2. The van der Waals surface area contributed by atoms with Gasteiger partial charge in [0.2, 0.25) is 5.91 Å². The maximum absolute atomic E-state index is 12.6. The minimum atomic E-state index is -3.95. The van der Waals surface area contributed by atoms with Gasteiger partial charge in [0.25, 0.3) is 0 Å². The van der Waals surface area contributed by atoms with Crippen LogP contribution in [0.15, 0.2) is 28.8 Å². The lowest BCUT2D eigenvalue weighted by Gasteiger charge is -2.21. The van der Waals surface area contributed by atoms with Gasteiger partial charge in [-0.1, -0.05) is 23.4 Å². The van der Waals surface area contributed by atoms with Gasteiger partial charge >= 0.3 is 10.2 Å². The van der Waals surface area contributed by atoms with E-state index in [1.54, 1.807) is 32.9 Å². The van der Waals surface area contributed by atoms with Gasteiger partial charge in [0.15, 0.2) is 0 Å². The molecule has 1 N–H and O–H groups in total.